The largest absolute Gasteiger partial charge is 0.497 e. The van der Waals surface area contributed by atoms with Crippen molar-refractivity contribution in [2.75, 3.05) is 31.4 Å². The van der Waals surface area contributed by atoms with E-state index in [0.717, 1.165) is 25.1 Å². The smallest absolute Gasteiger partial charge is 0.237 e. The maximum atomic E-state index is 12.9. The lowest BCUT2D eigenvalue weighted by atomic mass is 10.0. The van der Waals surface area contributed by atoms with Gasteiger partial charge in [-0.15, -0.1) is 5.10 Å². The number of hydrogen-bond donors (Lipinski definition) is 0. The summed E-state index contributed by atoms with van der Waals surface area (Å²) in [5.41, 5.74) is 2.86. The van der Waals surface area contributed by atoms with Crippen LogP contribution in [0.5, 0.6) is 11.5 Å². The number of carbonyl (C=O) groups excluding carboxylic acids is 1. The van der Waals surface area contributed by atoms with Gasteiger partial charge in [0.25, 0.3) is 0 Å². The van der Waals surface area contributed by atoms with Gasteiger partial charge in [0, 0.05) is 18.3 Å². The molecular formula is C20H21N5O3S. The van der Waals surface area contributed by atoms with Crippen LogP contribution in [0.3, 0.4) is 0 Å². The van der Waals surface area contributed by atoms with Crippen molar-refractivity contribution in [2.45, 2.75) is 18.0 Å². The minimum absolute atomic E-state index is 0.0364. The molecule has 0 atom stereocenters. The van der Waals surface area contributed by atoms with Gasteiger partial charge in [0.05, 0.1) is 20.0 Å². The highest BCUT2D eigenvalue weighted by Gasteiger charge is 2.23. The van der Waals surface area contributed by atoms with Crippen LogP contribution in [-0.2, 0) is 11.2 Å². The first-order valence-corrected chi connectivity index (χ1v) is 10.2. The summed E-state index contributed by atoms with van der Waals surface area (Å²) in [5, 5.41) is 12.4. The van der Waals surface area contributed by atoms with Gasteiger partial charge in [-0.1, -0.05) is 30.0 Å². The molecule has 8 nitrogen and oxygen atoms in total. The van der Waals surface area contributed by atoms with Crippen LogP contribution in [0, 0.1) is 0 Å². The molecule has 9 heteroatoms. The Labute approximate surface area is 172 Å². The zero-order valence-corrected chi connectivity index (χ0v) is 17.1. The summed E-state index contributed by atoms with van der Waals surface area (Å²) in [6, 6.07) is 13.4. The number of rotatable bonds is 6. The summed E-state index contributed by atoms with van der Waals surface area (Å²) >= 11 is 1.30. The lowest BCUT2D eigenvalue weighted by Crippen LogP contribution is -2.36. The quantitative estimate of drug-likeness (QED) is 0.577. The van der Waals surface area contributed by atoms with E-state index in [1.54, 1.807) is 37.1 Å². The first-order chi connectivity index (χ1) is 14.2. The number of para-hydroxylation sites is 1. The highest BCUT2D eigenvalue weighted by atomic mass is 32.2. The zero-order chi connectivity index (χ0) is 20.2. The van der Waals surface area contributed by atoms with Gasteiger partial charge in [-0.3, -0.25) is 4.79 Å². The predicted molar refractivity (Wildman–Crippen MR) is 110 cm³/mol. The van der Waals surface area contributed by atoms with Crippen molar-refractivity contribution in [3.63, 3.8) is 0 Å². The topological polar surface area (TPSA) is 82.4 Å². The summed E-state index contributed by atoms with van der Waals surface area (Å²) < 4.78 is 12.3. The molecule has 150 valence electrons. The van der Waals surface area contributed by atoms with Crippen LogP contribution in [0.1, 0.15) is 12.0 Å². The van der Waals surface area contributed by atoms with Crippen LogP contribution in [-0.4, -0.2) is 52.6 Å². The molecule has 0 bridgehead atoms. The van der Waals surface area contributed by atoms with Crippen LogP contribution in [0.25, 0.3) is 5.69 Å². The summed E-state index contributed by atoms with van der Waals surface area (Å²) in [7, 11) is 3.18. The number of thioether (sulfide) groups is 1. The summed E-state index contributed by atoms with van der Waals surface area (Å²) in [6.07, 6.45) is 1.97. The number of methoxy groups -OCH3 is 2. The molecule has 0 aliphatic carbocycles. The van der Waals surface area contributed by atoms with Gasteiger partial charge >= 0.3 is 0 Å². The monoisotopic (exact) mass is 411 g/mol. The van der Waals surface area contributed by atoms with Crippen molar-refractivity contribution in [1.82, 2.24) is 20.2 Å². The highest BCUT2D eigenvalue weighted by Crippen LogP contribution is 2.31. The van der Waals surface area contributed by atoms with E-state index in [-0.39, 0.29) is 11.7 Å². The SMILES string of the molecule is COc1ccc(OC)c(-n2nnnc2SCC(=O)N2CCCc3ccccc32)c1. The third-order valence-electron chi connectivity index (χ3n) is 4.79. The number of benzene rings is 2. The second-order valence-corrected chi connectivity index (χ2v) is 7.42. The Balaban J connectivity index is 1.53. The normalized spacial score (nSPS) is 13.1. The number of anilines is 1. The minimum Gasteiger partial charge on any atom is -0.497 e. The zero-order valence-electron chi connectivity index (χ0n) is 16.2. The second kappa shape index (κ2) is 8.52. The Morgan fingerprint density at radius 2 is 2.00 bits per heavy atom. The van der Waals surface area contributed by atoms with E-state index < -0.39 is 0 Å². The molecule has 2 heterocycles. The van der Waals surface area contributed by atoms with Crippen LogP contribution in [0.15, 0.2) is 47.6 Å². The summed E-state index contributed by atoms with van der Waals surface area (Å²) in [6.45, 7) is 0.727. The Morgan fingerprint density at radius 3 is 2.83 bits per heavy atom. The van der Waals surface area contributed by atoms with Crippen LogP contribution < -0.4 is 14.4 Å². The summed E-state index contributed by atoms with van der Waals surface area (Å²) in [5.74, 6) is 1.54. The minimum atomic E-state index is 0.0364. The molecule has 0 radical (unpaired) electrons. The third kappa shape index (κ3) is 3.91. The van der Waals surface area contributed by atoms with Crippen LogP contribution >= 0.6 is 11.8 Å². The Bertz CT molecular complexity index is 1020. The third-order valence-corrected chi connectivity index (χ3v) is 5.70. The van der Waals surface area contributed by atoms with E-state index in [0.29, 0.717) is 22.3 Å². The fraction of sp³-hybridized carbons (Fsp3) is 0.300. The van der Waals surface area contributed by atoms with Gasteiger partial charge < -0.3 is 14.4 Å². The van der Waals surface area contributed by atoms with Crippen molar-refractivity contribution < 1.29 is 14.3 Å². The van der Waals surface area contributed by atoms with Crippen LogP contribution in [0.4, 0.5) is 5.69 Å². The van der Waals surface area contributed by atoms with Gasteiger partial charge in [-0.2, -0.15) is 4.68 Å². The number of hydrogen-bond acceptors (Lipinski definition) is 7. The maximum absolute atomic E-state index is 12.9. The number of ether oxygens (including phenoxy) is 2. The van der Waals surface area contributed by atoms with Gasteiger partial charge in [0.15, 0.2) is 0 Å². The van der Waals surface area contributed by atoms with Crippen molar-refractivity contribution >= 4 is 23.4 Å². The highest BCUT2D eigenvalue weighted by molar-refractivity contribution is 7.99. The van der Waals surface area contributed by atoms with E-state index in [1.807, 2.05) is 23.1 Å². The molecule has 2 aromatic carbocycles. The Morgan fingerprint density at radius 1 is 1.14 bits per heavy atom. The van der Waals surface area contributed by atoms with E-state index in [2.05, 4.69) is 21.6 Å². The van der Waals surface area contributed by atoms with E-state index in [1.165, 1.54) is 17.3 Å². The van der Waals surface area contributed by atoms with E-state index in [4.69, 9.17) is 9.47 Å². The van der Waals surface area contributed by atoms with Gasteiger partial charge in [0.2, 0.25) is 11.1 Å². The molecule has 0 saturated carbocycles. The molecule has 1 aliphatic heterocycles. The number of carbonyl (C=O) groups is 1. The molecule has 1 amide bonds. The molecule has 4 rings (SSSR count). The van der Waals surface area contributed by atoms with Crippen LogP contribution in [0.2, 0.25) is 0 Å². The molecule has 0 fully saturated rings. The Hall–Kier alpha value is -3.07. The fourth-order valence-corrected chi connectivity index (χ4v) is 4.14. The van der Waals surface area contributed by atoms with Crippen molar-refractivity contribution in [3.8, 4) is 17.2 Å². The lowest BCUT2D eigenvalue weighted by molar-refractivity contribution is -0.116. The molecule has 3 aromatic rings. The lowest BCUT2D eigenvalue weighted by Gasteiger charge is -2.29. The van der Waals surface area contributed by atoms with Crippen molar-refractivity contribution in [2.24, 2.45) is 0 Å². The number of amides is 1. The number of tetrazole rings is 1. The van der Waals surface area contributed by atoms with Crippen molar-refractivity contribution in [1.29, 1.82) is 0 Å². The van der Waals surface area contributed by atoms with Gasteiger partial charge in [-0.25, -0.2) is 0 Å². The van der Waals surface area contributed by atoms with E-state index in [9.17, 15) is 4.79 Å². The first kappa shape index (κ1) is 19.3. The predicted octanol–water partition coefficient (Wildman–Crippen LogP) is 2.75. The molecule has 0 N–H and O–H groups in total. The second-order valence-electron chi connectivity index (χ2n) is 6.48. The standard InChI is InChI=1S/C20H21N5O3S/c1-27-15-9-10-18(28-2)17(12-15)25-20(21-22-23-25)29-13-19(26)24-11-5-7-14-6-3-4-8-16(14)24/h3-4,6,8-10,12H,5,7,11,13H2,1-2H3. The summed E-state index contributed by atoms with van der Waals surface area (Å²) in [4.78, 5) is 14.8. The number of aryl methyl sites for hydroxylation is 1. The maximum Gasteiger partial charge on any atom is 0.237 e. The number of nitrogens with zero attached hydrogens (tertiary/aromatic N) is 5. The molecular weight excluding hydrogens is 390 g/mol. The molecule has 1 aromatic heterocycles. The van der Waals surface area contributed by atoms with Gasteiger partial charge in [-0.05, 0) is 47.0 Å². The number of fused-ring (bicyclic) bond motifs is 1. The molecule has 0 unspecified atom stereocenters. The first-order valence-electron chi connectivity index (χ1n) is 9.23. The van der Waals surface area contributed by atoms with Crippen molar-refractivity contribution in [3.05, 3.63) is 48.0 Å². The molecule has 0 spiro atoms. The average molecular weight is 411 g/mol. The Kier molecular flexibility index (Phi) is 5.66. The average Bonchev–Trinajstić information content (AvgIpc) is 3.25. The molecule has 29 heavy (non-hydrogen) atoms. The molecule has 0 saturated heterocycles. The van der Waals surface area contributed by atoms with E-state index >= 15 is 0 Å². The fourth-order valence-electron chi connectivity index (χ4n) is 3.38. The number of aromatic nitrogens is 4. The molecule has 1 aliphatic rings. The van der Waals surface area contributed by atoms with Gasteiger partial charge in [0.1, 0.15) is 17.2 Å².